The lowest BCUT2D eigenvalue weighted by Crippen LogP contribution is -2.50. The minimum Gasteiger partial charge on any atom is -0.395 e. The van der Waals surface area contributed by atoms with Crippen molar-refractivity contribution in [1.29, 1.82) is 0 Å². The third kappa shape index (κ3) is 3.23. The molecule has 0 aliphatic heterocycles. The second-order valence-electron chi connectivity index (χ2n) is 4.66. The van der Waals surface area contributed by atoms with Crippen molar-refractivity contribution in [2.75, 3.05) is 6.61 Å². The van der Waals surface area contributed by atoms with Gasteiger partial charge in [-0.1, -0.05) is 26.7 Å². The van der Waals surface area contributed by atoms with E-state index in [-0.39, 0.29) is 24.8 Å². The van der Waals surface area contributed by atoms with Crippen LogP contribution in [0.25, 0.3) is 0 Å². The van der Waals surface area contributed by atoms with E-state index in [0.717, 1.165) is 19.3 Å². The van der Waals surface area contributed by atoms with Crippen LogP contribution in [0.5, 0.6) is 0 Å². The van der Waals surface area contributed by atoms with Gasteiger partial charge in [0, 0.05) is 12.1 Å². The van der Waals surface area contributed by atoms with Crippen molar-refractivity contribution in [2.24, 2.45) is 5.92 Å². The molecule has 0 saturated heterocycles. The van der Waals surface area contributed by atoms with Gasteiger partial charge in [0.2, 0.25) is 0 Å². The molecule has 1 unspecified atom stereocenters. The molecule has 1 fully saturated rings. The number of rotatable bonds is 4. The van der Waals surface area contributed by atoms with E-state index in [1.165, 1.54) is 6.42 Å². The molecule has 14 heavy (non-hydrogen) atoms. The van der Waals surface area contributed by atoms with Gasteiger partial charge in [-0.25, -0.2) is 0 Å². The van der Waals surface area contributed by atoms with Gasteiger partial charge < -0.3 is 15.5 Å². The minimum atomic E-state index is -0.225. The van der Waals surface area contributed by atoms with Gasteiger partial charge in [-0.2, -0.15) is 0 Å². The van der Waals surface area contributed by atoms with Gasteiger partial charge in [0.25, 0.3) is 0 Å². The van der Waals surface area contributed by atoms with Crippen LogP contribution in [0, 0.1) is 5.92 Å². The molecule has 1 rings (SSSR count). The smallest absolute Gasteiger partial charge is 0.0693 e. The van der Waals surface area contributed by atoms with Crippen LogP contribution in [0.4, 0.5) is 0 Å². The van der Waals surface area contributed by atoms with E-state index in [1.807, 2.05) is 0 Å². The van der Waals surface area contributed by atoms with E-state index in [0.29, 0.717) is 5.92 Å². The average Bonchev–Trinajstić information content (AvgIpc) is 2.16. The van der Waals surface area contributed by atoms with Crippen molar-refractivity contribution in [3.63, 3.8) is 0 Å². The van der Waals surface area contributed by atoms with Crippen LogP contribution in [0.1, 0.15) is 39.5 Å². The molecule has 3 atom stereocenters. The Labute approximate surface area is 86.5 Å². The zero-order valence-electron chi connectivity index (χ0n) is 9.24. The first-order valence-corrected chi connectivity index (χ1v) is 5.70. The maximum atomic E-state index is 9.75. The fourth-order valence-corrected chi connectivity index (χ4v) is 2.04. The highest BCUT2D eigenvalue weighted by atomic mass is 16.3. The maximum absolute atomic E-state index is 9.75. The summed E-state index contributed by atoms with van der Waals surface area (Å²) in [5.41, 5.74) is 0. The quantitative estimate of drug-likeness (QED) is 0.633. The van der Waals surface area contributed by atoms with E-state index in [9.17, 15) is 5.11 Å². The molecular weight excluding hydrogens is 178 g/mol. The lowest BCUT2D eigenvalue weighted by Gasteiger charge is -2.33. The number of aliphatic hydroxyl groups excluding tert-OH is 2. The van der Waals surface area contributed by atoms with E-state index in [2.05, 4.69) is 19.2 Å². The molecule has 84 valence electrons. The topological polar surface area (TPSA) is 52.5 Å². The Morgan fingerprint density at radius 3 is 2.43 bits per heavy atom. The molecule has 1 saturated carbocycles. The molecule has 3 nitrogen and oxygen atoms in total. The molecule has 0 spiro atoms. The van der Waals surface area contributed by atoms with Gasteiger partial charge in [0.15, 0.2) is 0 Å². The molecule has 1 aliphatic rings. The van der Waals surface area contributed by atoms with Crippen molar-refractivity contribution in [3.8, 4) is 0 Å². The molecule has 0 aromatic heterocycles. The van der Waals surface area contributed by atoms with Gasteiger partial charge in [-0.15, -0.1) is 0 Å². The van der Waals surface area contributed by atoms with Crippen LogP contribution in [0.2, 0.25) is 0 Å². The van der Waals surface area contributed by atoms with Gasteiger partial charge in [0.1, 0.15) is 0 Å². The lowest BCUT2D eigenvalue weighted by atomic mass is 9.91. The lowest BCUT2D eigenvalue weighted by molar-refractivity contribution is 0.0725. The normalized spacial score (nSPS) is 30.6. The van der Waals surface area contributed by atoms with Gasteiger partial charge in [-0.3, -0.25) is 0 Å². The molecule has 3 heteroatoms. The molecule has 0 amide bonds. The predicted octanol–water partition coefficient (Wildman–Crippen LogP) is 0.896. The first-order valence-electron chi connectivity index (χ1n) is 5.70. The molecular formula is C11H23NO2. The van der Waals surface area contributed by atoms with Gasteiger partial charge in [0.05, 0.1) is 12.7 Å². The molecule has 1 aliphatic carbocycles. The van der Waals surface area contributed by atoms with Gasteiger partial charge in [-0.05, 0) is 18.8 Å². The summed E-state index contributed by atoms with van der Waals surface area (Å²) in [7, 11) is 0. The largest absolute Gasteiger partial charge is 0.395 e. The van der Waals surface area contributed by atoms with Crippen molar-refractivity contribution < 1.29 is 10.2 Å². The fourth-order valence-electron chi connectivity index (χ4n) is 2.04. The molecule has 0 bridgehead atoms. The highest BCUT2D eigenvalue weighted by Crippen LogP contribution is 2.19. The summed E-state index contributed by atoms with van der Waals surface area (Å²) >= 11 is 0. The number of hydrogen-bond acceptors (Lipinski definition) is 3. The number of nitrogens with one attached hydrogen (secondary N) is 1. The highest BCUT2D eigenvalue weighted by molar-refractivity contribution is 4.84. The standard InChI is InChI=1S/C11H23NO2/c1-8(2)10(7-13)12-9-5-3-4-6-11(9)14/h8-14H,3-7H2,1-2H3/t9-,10?,11-/m0/s1. The second-order valence-corrected chi connectivity index (χ2v) is 4.66. The molecule has 3 N–H and O–H groups in total. The summed E-state index contributed by atoms with van der Waals surface area (Å²) in [5.74, 6) is 0.411. The summed E-state index contributed by atoms with van der Waals surface area (Å²) in [6.45, 7) is 4.33. The van der Waals surface area contributed by atoms with Crippen molar-refractivity contribution in [3.05, 3.63) is 0 Å². The first kappa shape index (κ1) is 12.0. The van der Waals surface area contributed by atoms with Crippen LogP contribution >= 0.6 is 0 Å². The Kier molecular flexibility index (Phi) is 4.85. The average molecular weight is 201 g/mol. The Balaban J connectivity index is 2.39. The van der Waals surface area contributed by atoms with Crippen LogP contribution in [-0.2, 0) is 0 Å². The van der Waals surface area contributed by atoms with Gasteiger partial charge >= 0.3 is 0 Å². The van der Waals surface area contributed by atoms with Crippen molar-refractivity contribution >= 4 is 0 Å². The zero-order chi connectivity index (χ0) is 10.6. The monoisotopic (exact) mass is 201 g/mol. The zero-order valence-corrected chi connectivity index (χ0v) is 9.24. The van der Waals surface area contributed by atoms with E-state index in [1.54, 1.807) is 0 Å². The van der Waals surface area contributed by atoms with Crippen molar-refractivity contribution in [1.82, 2.24) is 5.32 Å². The molecule has 0 heterocycles. The Bertz CT molecular complexity index is 161. The molecule has 0 aromatic rings. The fraction of sp³-hybridized carbons (Fsp3) is 1.00. The summed E-state index contributed by atoms with van der Waals surface area (Å²) in [6.07, 6.45) is 4.02. The third-order valence-electron chi connectivity index (χ3n) is 3.16. The number of hydrogen-bond donors (Lipinski definition) is 3. The maximum Gasteiger partial charge on any atom is 0.0693 e. The third-order valence-corrected chi connectivity index (χ3v) is 3.16. The van der Waals surface area contributed by atoms with Crippen LogP contribution in [0.15, 0.2) is 0 Å². The minimum absolute atomic E-state index is 0.118. The van der Waals surface area contributed by atoms with Crippen LogP contribution in [-0.4, -0.2) is 35.0 Å². The molecule has 0 radical (unpaired) electrons. The van der Waals surface area contributed by atoms with E-state index < -0.39 is 0 Å². The summed E-state index contributed by atoms with van der Waals surface area (Å²) < 4.78 is 0. The van der Waals surface area contributed by atoms with E-state index in [4.69, 9.17) is 5.11 Å². The Hall–Kier alpha value is -0.120. The van der Waals surface area contributed by atoms with Crippen LogP contribution in [0.3, 0.4) is 0 Å². The summed E-state index contributed by atoms with van der Waals surface area (Å²) in [5, 5.41) is 22.3. The highest BCUT2D eigenvalue weighted by Gasteiger charge is 2.25. The Morgan fingerprint density at radius 1 is 1.29 bits per heavy atom. The second kappa shape index (κ2) is 5.69. The SMILES string of the molecule is CC(C)C(CO)N[C@H]1CCCC[C@@H]1O. The summed E-state index contributed by atoms with van der Waals surface area (Å²) in [4.78, 5) is 0. The summed E-state index contributed by atoms with van der Waals surface area (Å²) in [6, 6.07) is 0.302. The van der Waals surface area contributed by atoms with Crippen LogP contribution < -0.4 is 5.32 Å². The number of aliphatic hydroxyl groups is 2. The van der Waals surface area contributed by atoms with Crippen molar-refractivity contribution in [2.45, 2.75) is 57.7 Å². The predicted molar refractivity (Wildman–Crippen MR) is 57.1 cm³/mol. The van der Waals surface area contributed by atoms with E-state index >= 15 is 0 Å². The first-order chi connectivity index (χ1) is 6.65. The molecule has 0 aromatic carbocycles. The Morgan fingerprint density at radius 2 is 1.93 bits per heavy atom.